The van der Waals surface area contributed by atoms with E-state index in [-0.39, 0.29) is 0 Å². The van der Waals surface area contributed by atoms with Crippen molar-refractivity contribution < 1.29 is 0 Å². The van der Waals surface area contributed by atoms with Gasteiger partial charge < -0.3 is 5.32 Å². The molecule has 0 fully saturated rings. The van der Waals surface area contributed by atoms with Crippen LogP contribution < -0.4 is 5.32 Å². The van der Waals surface area contributed by atoms with Gasteiger partial charge >= 0.3 is 0 Å². The molecule has 0 saturated carbocycles. The first-order valence-electron chi connectivity index (χ1n) is 4.73. The highest BCUT2D eigenvalue weighted by atomic mass is 32.2. The predicted molar refractivity (Wildman–Crippen MR) is 60.7 cm³/mol. The van der Waals surface area contributed by atoms with Gasteiger partial charge in [-0.2, -0.15) is 11.8 Å². The fourth-order valence-corrected chi connectivity index (χ4v) is 2.67. The second-order valence-corrected chi connectivity index (χ2v) is 4.37. The molecule has 0 spiro atoms. The van der Waals surface area contributed by atoms with Crippen molar-refractivity contribution in [3.8, 4) is 0 Å². The topological polar surface area (TPSA) is 12.0 Å². The van der Waals surface area contributed by atoms with Crippen LogP contribution in [0.5, 0.6) is 0 Å². The van der Waals surface area contributed by atoms with Gasteiger partial charge in [-0.15, -0.1) is 0 Å². The second-order valence-electron chi connectivity index (χ2n) is 3.45. The zero-order chi connectivity index (χ0) is 9.10. The van der Waals surface area contributed by atoms with Crippen LogP contribution in [0.25, 0.3) is 0 Å². The lowest BCUT2D eigenvalue weighted by molar-refractivity contribution is 0.693. The highest BCUT2D eigenvalue weighted by molar-refractivity contribution is 7.98. The number of hydrogen-bond donors (Lipinski definition) is 1. The number of rotatable bonds is 2. The molecule has 1 atom stereocenters. The smallest absolute Gasteiger partial charge is 0.0375 e. The number of para-hydroxylation sites is 1. The van der Waals surface area contributed by atoms with Crippen molar-refractivity contribution >= 4 is 17.4 Å². The summed E-state index contributed by atoms with van der Waals surface area (Å²) in [5.41, 5.74) is 2.84. The molecule has 2 heteroatoms. The Kier molecular flexibility index (Phi) is 2.79. The molecule has 1 aliphatic rings. The van der Waals surface area contributed by atoms with Gasteiger partial charge in [0.05, 0.1) is 0 Å². The molecule has 0 saturated heterocycles. The van der Waals surface area contributed by atoms with E-state index in [1.807, 2.05) is 11.8 Å². The van der Waals surface area contributed by atoms with Crippen molar-refractivity contribution in [1.82, 2.24) is 0 Å². The van der Waals surface area contributed by atoms with E-state index >= 15 is 0 Å². The van der Waals surface area contributed by atoms with E-state index in [1.165, 1.54) is 23.4 Å². The summed E-state index contributed by atoms with van der Waals surface area (Å²) >= 11 is 1.94. The van der Waals surface area contributed by atoms with Crippen LogP contribution in [0, 0.1) is 0 Å². The van der Waals surface area contributed by atoms with Crippen molar-refractivity contribution in [2.24, 2.45) is 0 Å². The average molecular weight is 193 g/mol. The molecule has 0 amide bonds. The van der Waals surface area contributed by atoms with Gasteiger partial charge in [0.25, 0.3) is 0 Å². The minimum atomic E-state index is 0.757. The molecule has 1 unspecified atom stereocenters. The summed E-state index contributed by atoms with van der Waals surface area (Å²) in [7, 11) is 0. The zero-order valence-electron chi connectivity index (χ0n) is 7.92. The maximum Gasteiger partial charge on any atom is 0.0375 e. The Balaban J connectivity index is 2.26. The molecule has 1 nitrogen and oxygen atoms in total. The van der Waals surface area contributed by atoms with E-state index in [0.717, 1.165) is 12.5 Å². The van der Waals surface area contributed by atoms with Crippen LogP contribution in [0.4, 0.5) is 5.69 Å². The van der Waals surface area contributed by atoms with E-state index in [0.29, 0.717) is 0 Å². The van der Waals surface area contributed by atoms with Crippen LogP contribution in [0.2, 0.25) is 0 Å². The Bertz CT molecular complexity index is 285. The van der Waals surface area contributed by atoms with Crippen LogP contribution in [-0.4, -0.2) is 18.6 Å². The maximum absolute atomic E-state index is 3.44. The Labute approximate surface area is 83.9 Å². The molecule has 1 aliphatic heterocycles. The van der Waals surface area contributed by atoms with Gasteiger partial charge in [0.2, 0.25) is 0 Å². The van der Waals surface area contributed by atoms with E-state index in [9.17, 15) is 0 Å². The number of fused-ring (bicyclic) bond motifs is 1. The Morgan fingerprint density at radius 3 is 3.15 bits per heavy atom. The van der Waals surface area contributed by atoms with Gasteiger partial charge in [-0.3, -0.25) is 0 Å². The Morgan fingerprint density at radius 2 is 2.31 bits per heavy atom. The number of thioether (sulfide) groups is 1. The third-order valence-electron chi connectivity index (χ3n) is 2.58. The molecule has 70 valence electrons. The molecule has 1 aromatic rings. The molecule has 1 aromatic carbocycles. The Morgan fingerprint density at radius 1 is 1.46 bits per heavy atom. The van der Waals surface area contributed by atoms with Crippen molar-refractivity contribution in [2.45, 2.75) is 12.3 Å². The largest absolute Gasteiger partial charge is 0.385 e. The molecular weight excluding hydrogens is 178 g/mol. The van der Waals surface area contributed by atoms with Gasteiger partial charge in [-0.25, -0.2) is 0 Å². The third-order valence-corrected chi connectivity index (χ3v) is 3.31. The summed E-state index contributed by atoms with van der Waals surface area (Å²) in [6.45, 7) is 1.13. The normalized spacial score (nSPS) is 20.5. The van der Waals surface area contributed by atoms with Crippen molar-refractivity contribution in [2.75, 3.05) is 23.9 Å². The summed E-state index contributed by atoms with van der Waals surface area (Å²) in [5, 5.41) is 3.44. The van der Waals surface area contributed by atoms with Crippen LogP contribution >= 0.6 is 11.8 Å². The molecule has 0 aromatic heterocycles. The van der Waals surface area contributed by atoms with E-state index < -0.39 is 0 Å². The van der Waals surface area contributed by atoms with Gasteiger partial charge in [0.15, 0.2) is 0 Å². The predicted octanol–water partition coefficient (Wildman–Crippen LogP) is 2.95. The zero-order valence-corrected chi connectivity index (χ0v) is 8.73. The lowest BCUT2D eigenvalue weighted by Gasteiger charge is -2.25. The molecule has 0 aliphatic carbocycles. The average Bonchev–Trinajstić information content (AvgIpc) is 2.19. The lowest BCUT2D eigenvalue weighted by atomic mass is 9.93. The SMILES string of the molecule is CSCC1CCNc2ccccc21. The van der Waals surface area contributed by atoms with Crippen molar-refractivity contribution in [3.63, 3.8) is 0 Å². The van der Waals surface area contributed by atoms with Gasteiger partial charge in [0, 0.05) is 18.0 Å². The standard InChI is InChI=1S/C11H15NS/c1-13-8-9-6-7-12-11-5-3-2-4-10(9)11/h2-5,9,12H,6-8H2,1H3. The van der Waals surface area contributed by atoms with Crippen molar-refractivity contribution in [3.05, 3.63) is 29.8 Å². The van der Waals surface area contributed by atoms with Crippen LogP contribution in [0.3, 0.4) is 0 Å². The van der Waals surface area contributed by atoms with Gasteiger partial charge in [-0.1, -0.05) is 18.2 Å². The van der Waals surface area contributed by atoms with Crippen LogP contribution in [-0.2, 0) is 0 Å². The minimum Gasteiger partial charge on any atom is -0.385 e. The first kappa shape index (κ1) is 8.95. The summed E-state index contributed by atoms with van der Waals surface area (Å²) < 4.78 is 0. The van der Waals surface area contributed by atoms with E-state index in [1.54, 1.807) is 0 Å². The minimum absolute atomic E-state index is 0.757. The fraction of sp³-hybridized carbons (Fsp3) is 0.455. The highest BCUT2D eigenvalue weighted by Gasteiger charge is 2.18. The molecular formula is C11H15NS. The van der Waals surface area contributed by atoms with Gasteiger partial charge in [-0.05, 0) is 30.2 Å². The maximum atomic E-state index is 3.44. The second kappa shape index (κ2) is 4.05. The van der Waals surface area contributed by atoms with E-state index in [4.69, 9.17) is 0 Å². The lowest BCUT2D eigenvalue weighted by Crippen LogP contribution is -2.17. The summed E-state index contributed by atoms with van der Waals surface area (Å²) in [5.74, 6) is 2.01. The number of nitrogens with one attached hydrogen (secondary N) is 1. The van der Waals surface area contributed by atoms with Gasteiger partial charge in [0.1, 0.15) is 0 Å². The molecule has 1 heterocycles. The fourth-order valence-electron chi connectivity index (χ4n) is 1.92. The number of hydrogen-bond acceptors (Lipinski definition) is 2. The van der Waals surface area contributed by atoms with Crippen LogP contribution in [0.1, 0.15) is 17.9 Å². The first-order chi connectivity index (χ1) is 6.42. The van der Waals surface area contributed by atoms with E-state index in [2.05, 4.69) is 35.8 Å². The third kappa shape index (κ3) is 1.83. The van der Waals surface area contributed by atoms with Crippen LogP contribution in [0.15, 0.2) is 24.3 Å². The monoisotopic (exact) mass is 193 g/mol. The summed E-state index contributed by atoms with van der Waals surface area (Å²) in [4.78, 5) is 0. The van der Waals surface area contributed by atoms with Crippen molar-refractivity contribution in [1.29, 1.82) is 0 Å². The molecule has 2 rings (SSSR count). The quantitative estimate of drug-likeness (QED) is 0.775. The molecule has 0 bridgehead atoms. The number of benzene rings is 1. The summed E-state index contributed by atoms with van der Waals surface area (Å²) in [6, 6.07) is 8.68. The molecule has 13 heavy (non-hydrogen) atoms. The number of anilines is 1. The summed E-state index contributed by atoms with van der Waals surface area (Å²) in [6.07, 6.45) is 3.46. The molecule has 1 N–H and O–H groups in total. The Hall–Kier alpha value is -0.630. The first-order valence-corrected chi connectivity index (χ1v) is 6.13. The molecule has 0 radical (unpaired) electrons. The highest BCUT2D eigenvalue weighted by Crippen LogP contribution is 2.32.